The molecule has 3 nitrogen and oxygen atoms in total. The first-order chi connectivity index (χ1) is 7.70. The van der Waals surface area contributed by atoms with E-state index in [4.69, 9.17) is 5.73 Å². The van der Waals surface area contributed by atoms with Gasteiger partial charge < -0.3 is 10.5 Å². The first kappa shape index (κ1) is 11.5. The number of fused-ring (bicyclic) bond motifs is 1. The molecule has 1 aliphatic heterocycles. The largest absolute Gasteiger partial charge is 0.468 e. The molecule has 86 valence electrons. The van der Waals surface area contributed by atoms with E-state index in [1.54, 1.807) is 11.8 Å². The molecule has 2 N–H and O–H groups in total. The summed E-state index contributed by atoms with van der Waals surface area (Å²) in [5.74, 6) is -0.323. The quantitative estimate of drug-likeness (QED) is 0.811. The van der Waals surface area contributed by atoms with Gasteiger partial charge in [0, 0.05) is 10.1 Å². The third-order valence-electron chi connectivity index (χ3n) is 2.73. The van der Waals surface area contributed by atoms with Gasteiger partial charge in [0.15, 0.2) is 0 Å². The van der Waals surface area contributed by atoms with Gasteiger partial charge in [-0.1, -0.05) is 18.2 Å². The van der Waals surface area contributed by atoms with Crippen LogP contribution in [0.15, 0.2) is 29.2 Å². The third-order valence-corrected chi connectivity index (χ3v) is 4.08. The van der Waals surface area contributed by atoms with Gasteiger partial charge in [0.25, 0.3) is 0 Å². The molecule has 4 heteroatoms. The Labute approximate surface area is 99.4 Å². The molecule has 2 unspecified atom stereocenters. The van der Waals surface area contributed by atoms with Gasteiger partial charge in [0.05, 0.1) is 7.11 Å². The molecule has 0 radical (unpaired) electrons. The van der Waals surface area contributed by atoms with Crippen LogP contribution >= 0.6 is 11.8 Å². The number of hydrogen-bond acceptors (Lipinski definition) is 4. The molecule has 0 saturated heterocycles. The number of methoxy groups -OCH3 is 1. The summed E-state index contributed by atoms with van der Waals surface area (Å²) in [6, 6.07) is 7.82. The van der Waals surface area contributed by atoms with Crippen molar-refractivity contribution in [2.75, 3.05) is 7.11 Å². The predicted molar refractivity (Wildman–Crippen MR) is 64.4 cm³/mol. The highest BCUT2D eigenvalue weighted by molar-refractivity contribution is 8.00. The van der Waals surface area contributed by atoms with Crippen LogP contribution in [0.4, 0.5) is 0 Å². The van der Waals surface area contributed by atoms with E-state index in [-0.39, 0.29) is 5.97 Å². The Balaban J connectivity index is 1.94. The first-order valence-corrected chi connectivity index (χ1v) is 6.16. The van der Waals surface area contributed by atoms with Crippen LogP contribution in [0.1, 0.15) is 12.0 Å². The minimum Gasteiger partial charge on any atom is -0.468 e. The van der Waals surface area contributed by atoms with Crippen LogP contribution < -0.4 is 5.73 Å². The number of thioether (sulfide) groups is 1. The lowest BCUT2D eigenvalue weighted by Gasteiger charge is -2.13. The zero-order valence-electron chi connectivity index (χ0n) is 9.18. The fourth-order valence-corrected chi connectivity index (χ4v) is 3.30. The van der Waals surface area contributed by atoms with E-state index in [0.29, 0.717) is 11.7 Å². The van der Waals surface area contributed by atoms with Crippen molar-refractivity contribution < 1.29 is 9.53 Å². The van der Waals surface area contributed by atoms with E-state index in [1.807, 2.05) is 12.1 Å². The van der Waals surface area contributed by atoms with Gasteiger partial charge in [-0.3, -0.25) is 4.79 Å². The SMILES string of the molecule is COC(=O)C(N)CC1Cc2ccccc2S1. The molecule has 1 aromatic rings. The van der Waals surface area contributed by atoms with E-state index in [0.717, 1.165) is 6.42 Å². The summed E-state index contributed by atoms with van der Waals surface area (Å²) in [6.07, 6.45) is 1.66. The van der Waals surface area contributed by atoms with Gasteiger partial charge >= 0.3 is 5.97 Å². The van der Waals surface area contributed by atoms with E-state index >= 15 is 0 Å². The predicted octanol–water partition coefficient (Wildman–Crippen LogP) is 1.59. The Kier molecular flexibility index (Phi) is 3.51. The third kappa shape index (κ3) is 2.39. The number of carbonyl (C=O) groups is 1. The minimum absolute atomic E-state index is 0.323. The maximum absolute atomic E-state index is 11.2. The number of rotatable bonds is 3. The second-order valence-electron chi connectivity index (χ2n) is 3.92. The summed E-state index contributed by atoms with van der Waals surface area (Å²) in [5, 5.41) is 0.395. The fourth-order valence-electron chi connectivity index (χ4n) is 1.92. The Morgan fingerprint density at radius 1 is 1.62 bits per heavy atom. The summed E-state index contributed by atoms with van der Waals surface area (Å²) < 4.78 is 4.63. The van der Waals surface area contributed by atoms with Crippen LogP contribution in [0.3, 0.4) is 0 Å². The van der Waals surface area contributed by atoms with Crippen molar-refractivity contribution in [1.29, 1.82) is 0 Å². The van der Waals surface area contributed by atoms with Crippen LogP contribution in [0.25, 0.3) is 0 Å². The van der Waals surface area contributed by atoms with Crippen LogP contribution in [0.5, 0.6) is 0 Å². The molecular weight excluding hydrogens is 222 g/mol. The lowest BCUT2D eigenvalue weighted by atomic mass is 10.1. The van der Waals surface area contributed by atoms with Crippen molar-refractivity contribution in [2.45, 2.75) is 29.0 Å². The molecule has 0 amide bonds. The van der Waals surface area contributed by atoms with Crippen LogP contribution in [0, 0.1) is 0 Å². The maximum Gasteiger partial charge on any atom is 0.322 e. The topological polar surface area (TPSA) is 52.3 Å². The fraction of sp³-hybridized carbons (Fsp3) is 0.417. The number of esters is 1. The molecule has 0 fully saturated rings. The highest BCUT2D eigenvalue weighted by Crippen LogP contribution is 2.38. The highest BCUT2D eigenvalue weighted by atomic mass is 32.2. The van der Waals surface area contributed by atoms with E-state index < -0.39 is 6.04 Å². The van der Waals surface area contributed by atoms with Crippen LogP contribution in [-0.4, -0.2) is 24.4 Å². The van der Waals surface area contributed by atoms with Gasteiger partial charge in [0.1, 0.15) is 6.04 Å². The summed E-state index contributed by atoms with van der Waals surface area (Å²) in [7, 11) is 1.37. The molecule has 1 heterocycles. The lowest BCUT2D eigenvalue weighted by molar-refractivity contribution is -0.142. The van der Waals surface area contributed by atoms with Crippen molar-refractivity contribution in [1.82, 2.24) is 0 Å². The Bertz CT molecular complexity index is 369. The van der Waals surface area contributed by atoms with E-state index in [2.05, 4.69) is 16.9 Å². The monoisotopic (exact) mass is 237 g/mol. The standard InChI is InChI=1S/C12H15NO2S/c1-15-12(14)10(13)7-9-6-8-4-2-3-5-11(8)16-9/h2-5,9-10H,6-7,13H2,1H3. The van der Waals surface area contributed by atoms with Crippen molar-refractivity contribution >= 4 is 17.7 Å². The van der Waals surface area contributed by atoms with Crippen LogP contribution in [0.2, 0.25) is 0 Å². The van der Waals surface area contributed by atoms with Crippen molar-refractivity contribution in [3.05, 3.63) is 29.8 Å². The molecule has 0 aliphatic carbocycles. The number of hydrogen-bond donors (Lipinski definition) is 1. The minimum atomic E-state index is -0.503. The van der Waals surface area contributed by atoms with Crippen molar-refractivity contribution in [3.8, 4) is 0 Å². The summed E-state index contributed by atoms with van der Waals surface area (Å²) in [6.45, 7) is 0. The average molecular weight is 237 g/mol. The number of carbonyl (C=O) groups excluding carboxylic acids is 1. The second kappa shape index (κ2) is 4.89. The van der Waals surface area contributed by atoms with Crippen molar-refractivity contribution in [3.63, 3.8) is 0 Å². The first-order valence-electron chi connectivity index (χ1n) is 5.28. The highest BCUT2D eigenvalue weighted by Gasteiger charge is 2.26. The Morgan fingerprint density at radius 2 is 2.38 bits per heavy atom. The molecular formula is C12H15NO2S. The average Bonchev–Trinajstić information content (AvgIpc) is 2.69. The van der Waals surface area contributed by atoms with Crippen LogP contribution in [-0.2, 0) is 16.0 Å². The Morgan fingerprint density at radius 3 is 3.06 bits per heavy atom. The number of nitrogens with two attached hydrogens (primary N) is 1. The summed E-state index contributed by atoms with van der Waals surface area (Å²) in [5.41, 5.74) is 7.11. The zero-order chi connectivity index (χ0) is 11.5. The molecule has 16 heavy (non-hydrogen) atoms. The Hall–Kier alpha value is -1.00. The molecule has 0 bridgehead atoms. The molecule has 0 spiro atoms. The van der Waals surface area contributed by atoms with Gasteiger partial charge in [-0.15, -0.1) is 11.8 Å². The molecule has 2 atom stereocenters. The van der Waals surface area contributed by atoms with E-state index in [9.17, 15) is 4.79 Å². The van der Waals surface area contributed by atoms with Gasteiger partial charge in [-0.25, -0.2) is 0 Å². The second-order valence-corrected chi connectivity index (χ2v) is 5.26. The van der Waals surface area contributed by atoms with Crippen molar-refractivity contribution in [2.24, 2.45) is 5.73 Å². The maximum atomic E-state index is 11.2. The van der Waals surface area contributed by atoms with Gasteiger partial charge in [-0.2, -0.15) is 0 Å². The smallest absolute Gasteiger partial charge is 0.322 e. The molecule has 1 aliphatic rings. The van der Waals surface area contributed by atoms with E-state index in [1.165, 1.54) is 17.6 Å². The van der Waals surface area contributed by atoms with Gasteiger partial charge in [0.2, 0.25) is 0 Å². The van der Waals surface area contributed by atoms with Gasteiger partial charge in [-0.05, 0) is 24.5 Å². The summed E-state index contributed by atoms with van der Waals surface area (Å²) >= 11 is 1.80. The normalized spacial score (nSPS) is 20.2. The summed E-state index contributed by atoms with van der Waals surface area (Å²) in [4.78, 5) is 12.5. The number of ether oxygens (including phenoxy) is 1. The zero-order valence-corrected chi connectivity index (χ0v) is 10.00. The number of benzene rings is 1. The molecule has 1 aromatic carbocycles. The lowest BCUT2D eigenvalue weighted by Crippen LogP contribution is -2.34. The molecule has 0 saturated carbocycles. The molecule has 0 aromatic heterocycles. The molecule has 2 rings (SSSR count).